The van der Waals surface area contributed by atoms with Crippen molar-refractivity contribution in [2.45, 2.75) is 0 Å². The van der Waals surface area contributed by atoms with E-state index >= 15 is 0 Å². The minimum atomic E-state index is 0.940. The molecule has 0 aliphatic heterocycles. The molecule has 0 amide bonds. The molecule has 0 radical (unpaired) electrons. The highest BCUT2D eigenvalue weighted by molar-refractivity contribution is 6.05. The van der Waals surface area contributed by atoms with Crippen LogP contribution in [-0.2, 0) is 0 Å². The van der Waals surface area contributed by atoms with Crippen LogP contribution in [-0.4, -0.2) is 15.0 Å². The Morgan fingerprint density at radius 1 is 0.842 bits per heavy atom. The highest BCUT2D eigenvalue weighted by atomic mass is 14.8. The lowest BCUT2D eigenvalue weighted by molar-refractivity contribution is 1.31. The van der Waals surface area contributed by atoms with Gasteiger partial charge in [-0.2, -0.15) is 0 Å². The molecule has 4 rings (SSSR count). The maximum atomic E-state index is 4.57. The average Bonchev–Trinajstić information content (AvgIpc) is 2.86. The summed E-state index contributed by atoms with van der Waals surface area (Å²) in [5.74, 6) is 0. The highest BCUT2D eigenvalue weighted by Gasteiger charge is 2.06. The van der Waals surface area contributed by atoms with Crippen LogP contribution in [0.5, 0.6) is 0 Å². The second-order valence-electron chi connectivity index (χ2n) is 4.51. The first-order valence-electron chi connectivity index (χ1n) is 6.20. The van der Waals surface area contributed by atoms with Crippen molar-refractivity contribution in [3.8, 4) is 11.3 Å². The van der Waals surface area contributed by atoms with E-state index in [0.29, 0.717) is 0 Å². The molecule has 4 aromatic rings. The number of para-hydroxylation sites is 1. The molecular formula is C16H11N3. The fourth-order valence-corrected chi connectivity index (χ4v) is 2.39. The van der Waals surface area contributed by atoms with Gasteiger partial charge in [0.15, 0.2) is 0 Å². The molecule has 3 nitrogen and oxygen atoms in total. The summed E-state index contributed by atoms with van der Waals surface area (Å²) in [6.45, 7) is 0. The van der Waals surface area contributed by atoms with E-state index in [0.717, 1.165) is 33.2 Å². The molecule has 19 heavy (non-hydrogen) atoms. The second kappa shape index (κ2) is 3.92. The molecule has 3 heteroatoms. The molecule has 0 saturated heterocycles. The summed E-state index contributed by atoms with van der Waals surface area (Å²) in [4.78, 5) is 12.3. The minimum Gasteiger partial charge on any atom is -0.353 e. The quantitative estimate of drug-likeness (QED) is 0.554. The van der Waals surface area contributed by atoms with E-state index in [9.17, 15) is 0 Å². The third-order valence-corrected chi connectivity index (χ3v) is 3.30. The maximum absolute atomic E-state index is 4.57. The molecule has 0 bridgehead atoms. The van der Waals surface area contributed by atoms with E-state index in [4.69, 9.17) is 0 Å². The smallest absolute Gasteiger partial charge is 0.0958 e. The lowest BCUT2D eigenvalue weighted by Gasteiger charge is -1.99. The van der Waals surface area contributed by atoms with E-state index in [1.54, 1.807) is 6.20 Å². The van der Waals surface area contributed by atoms with E-state index in [-0.39, 0.29) is 0 Å². The van der Waals surface area contributed by atoms with Gasteiger partial charge in [-0.25, -0.2) is 0 Å². The Kier molecular flexibility index (Phi) is 2.12. The van der Waals surface area contributed by atoms with Crippen molar-refractivity contribution in [2.75, 3.05) is 0 Å². The first-order chi connectivity index (χ1) is 9.42. The summed E-state index contributed by atoms with van der Waals surface area (Å²) >= 11 is 0. The van der Waals surface area contributed by atoms with Gasteiger partial charge in [0.25, 0.3) is 0 Å². The topological polar surface area (TPSA) is 41.6 Å². The number of pyridine rings is 2. The van der Waals surface area contributed by atoms with Gasteiger partial charge < -0.3 is 4.98 Å². The highest BCUT2D eigenvalue weighted by Crippen LogP contribution is 2.26. The maximum Gasteiger partial charge on any atom is 0.0958 e. The normalized spacial score (nSPS) is 11.2. The predicted octanol–water partition coefficient (Wildman–Crippen LogP) is 3.78. The van der Waals surface area contributed by atoms with Gasteiger partial charge in [-0.05, 0) is 24.3 Å². The van der Waals surface area contributed by atoms with Crippen molar-refractivity contribution in [3.05, 3.63) is 60.9 Å². The zero-order valence-electron chi connectivity index (χ0n) is 10.2. The Bertz CT molecular complexity index is 863. The summed E-state index contributed by atoms with van der Waals surface area (Å²) < 4.78 is 0. The van der Waals surface area contributed by atoms with Crippen LogP contribution < -0.4 is 0 Å². The molecule has 1 N–H and O–H groups in total. The monoisotopic (exact) mass is 245 g/mol. The van der Waals surface area contributed by atoms with E-state index < -0.39 is 0 Å². The van der Waals surface area contributed by atoms with Gasteiger partial charge in [-0.3, -0.25) is 9.97 Å². The van der Waals surface area contributed by atoms with Gasteiger partial charge in [-0.15, -0.1) is 0 Å². The number of fused-ring (bicyclic) bond motifs is 3. The molecule has 3 aromatic heterocycles. The Morgan fingerprint density at radius 2 is 1.74 bits per heavy atom. The van der Waals surface area contributed by atoms with Crippen molar-refractivity contribution in [1.29, 1.82) is 0 Å². The second-order valence-corrected chi connectivity index (χ2v) is 4.51. The van der Waals surface area contributed by atoms with Gasteiger partial charge in [0.1, 0.15) is 0 Å². The summed E-state index contributed by atoms with van der Waals surface area (Å²) in [7, 11) is 0. The predicted molar refractivity (Wildman–Crippen MR) is 76.8 cm³/mol. The molecule has 0 fully saturated rings. The van der Waals surface area contributed by atoms with Crippen LogP contribution in [0.25, 0.3) is 33.2 Å². The largest absolute Gasteiger partial charge is 0.353 e. The summed E-state index contributed by atoms with van der Waals surface area (Å²) in [5.41, 5.74) is 5.14. The Morgan fingerprint density at radius 3 is 2.63 bits per heavy atom. The number of benzene rings is 1. The van der Waals surface area contributed by atoms with E-state index in [1.165, 1.54) is 0 Å². The molecule has 0 saturated carbocycles. The van der Waals surface area contributed by atoms with Gasteiger partial charge in [-0.1, -0.05) is 24.3 Å². The van der Waals surface area contributed by atoms with E-state index in [2.05, 4.69) is 33.2 Å². The number of aromatic nitrogens is 3. The minimum absolute atomic E-state index is 0.940. The van der Waals surface area contributed by atoms with Crippen LogP contribution in [0.3, 0.4) is 0 Å². The molecule has 0 aliphatic carbocycles. The molecule has 0 aliphatic rings. The van der Waals surface area contributed by atoms with Gasteiger partial charge in [0.05, 0.1) is 16.7 Å². The van der Waals surface area contributed by atoms with Crippen LogP contribution in [0.4, 0.5) is 0 Å². The SMILES string of the molecule is c1ccc(-c2cnc3c(c2)[nH]c2ccccc23)nc1. The van der Waals surface area contributed by atoms with Crippen LogP contribution in [0.1, 0.15) is 0 Å². The molecule has 3 heterocycles. The molecule has 0 unspecified atom stereocenters. The molecule has 1 aromatic carbocycles. The number of hydrogen-bond donors (Lipinski definition) is 1. The van der Waals surface area contributed by atoms with Crippen LogP contribution in [0.2, 0.25) is 0 Å². The molecular weight excluding hydrogens is 234 g/mol. The first kappa shape index (κ1) is 10.3. The zero-order valence-corrected chi connectivity index (χ0v) is 10.2. The Hall–Kier alpha value is -2.68. The Balaban J connectivity index is 1.99. The number of nitrogens with zero attached hydrogens (tertiary/aromatic N) is 2. The van der Waals surface area contributed by atoms with Crippen molar-refractivity contribution in [2.24, 2.45) is 0 Å². The zero-order chi connectivity index (χ0) is 12.7. The average molecular weight is 245 g/mol. The van der Waals surface area contributed by atoms with Crippen LogP contribution >= 0.6 is 0 Å². The summed E-state index contributed by atoms with van der Waals surface area (Å²) in [5, 5.41) is 1.16. The number of nitrogens with one attached hydrogen (secondary N) is 1. The summed E-state index contributed by atoms with van der Waals surface area (Å²) in [6, 6.07) is 16.2. The third kappa shape index (κ3) is 1.59. The number of hydrogen-bond acceptors (Lipinski definition) is 2. The Labute approximate surface area is 110 Å². The molecule has 90 valence electrons. The molecule has 0 atom stereocenters. The fourth-order valence-electron chi connectivity index (χ4n) is 2.39. The van der Waals surface area contributed by atoms with Crippen molar-refractivity contribution in [1.82, 2.24) is 15.0 Å². The third-order valence-electron chi connectivity index (χ3n) is 3.30. The van der Waals surface area contributed by atoms with Gasteiger partial charge in [0, 0.05) is 28.9 Å². The first-order valence-corrected chi connectivity index (χ1v) is 6.20. The standard InChI is InChI=1S/C16H11N3/c1-2-7-14-12(5-1)16-15(19-14)9-11(10-18-16)13-6-3-4-8-17-13/h1-10,19H. The van der Waals surface area contributed by atoms with Crippen molar-refractivity contribution >= 4 is 21.9 Å². The van der Waals surface area contributed by atoms with Crippen LogP contribution in [0.15, 0.2) is 60.9 Å². The number of aromatic amines is 1. The van der Waals surface area contributed by atoms with Crippen LogP contribution in [0, 0.1) is 0 Å². The number of rotatable bonds is 1. The lowest BCUT2D eigenvalue weighted by Crippen LogP contribution is -1.84. The fraction of sp³-hybridized carbons (Fsp3) is 0. The number of H-pyrrole nitrogens is 1. The van der Waals surface area contributed by atoms with Gasteiger partial charge in [0.2, 0.25) is 0 Å². The summed E-state index contributed by atoms with van der Waals surface area (Å²) in [6.07, 6.45) is 3.68. The van der Waals surface area contributed by atoms with Crippen molar-refractivity contribution < 1.29 is 0 Å². The van der Waals surface area contributed by atoms with E-state index in [1.807, 2.05) is 36.5 Å². The van der Waals surface area contributed by atoms with Gasteiger partial charge >= 0.3 is 0 Å². The molecule has 0 spiro atoms. The lowest BCUT2D eigenvalue weighted by atomic mass is 10.1. The van der Waals surface area contributed by atoms with Crippen molar-refractivity contribution in [3.63, 3.8) is 0 Å².